The van der Waals surface area contributed by atoms with Crippen molar-refractivity contribution in [3.63, 3.8) is 0 Å². The Morgan fingerprint density at radius 3 is 2.89 bits per heavy atom. The first-order valence-corrected chi connectivity index (χ1v) is 6.31. The maximum atomic E-state index is 11.6. The van der Waals surface area contributed by atoms with Crippen molar-refractivity contribution in [2.75, 3.05) is 18.6 Å². The Labute approximate surface area is 112 Å². The minimum atomic E-state index is -0.825. The van der Waals surface area contributed by atoms with E-state index >= 15 is 0 Å². The first-order valence-electron chi connectivity index (χ1n) is 6.31. The van der Waals surface area contributed by atoms with Crippen LogP contribution >= 0.6 is 0 Å². The van der Waals surface area contributed by atoms with Gasteiger partial charge in [0.2, 0.25) is 5.88 Å². The Kier molecular flexibility index (Phi) is 3.59. The van der Waals surface area contributed by atoms with Crippen molar-refractivity contribution in [1.29, 1.82) is 0 Å². The van der Waals surface area contributed by atoms with E-state index in [0.29, 0.717) is 18.2 Å². The highest BCUT2D eigenvalue weighted by molar-refractivity contribution is 5.79. The number of carbonyl (C=O) groups is 1. The second-order valence-corrected chi connectivity index (χ2v) is 5.45. The average Bonchev–Trinajstić information content (AvgIpc) is 2.37. The highest BCUT2D eigenvalue weighted by Gasteiger charge is 2.43. The lowest BCUT2D eigenvalue weighted by Gasteiger charge is -2.44. The molecule has 1 unspecified atom stereocenters. The fourth-order valence-electron chi connectivity index (χ4n) is 2.68. The number of hydrogen-bond donors (Lipinski definition) is 1. The number of carboxylic acid groups (broad SMARTS) is 1. The molecule has 1 N–H and O–H groups in total. The molecule has 2 heterocycles. The van der Waals surface area contributed by atoms with Gasteiger partial charge < -0.3 is 14.7 Å². The van der Waals surface area contributed by atoms with E-state index in [1.54, 1.807) is 11.1 Å². The molecule has 6 nitrogen and oxygen atoms in total. The number of aromatic nitrogens is 2. The third kappa shape index (κ3) is 2.62. The molecule has 0 radical (unpaired) electrons. The van der Waals surface area contributed by atoms with Crippen LogP contribution in [0.1, 0.15) is 26.7 Å². The largest absolute Gasteiger partial charge is 0.480 e. The molecule has 1 aliphatic rings. The Hall–Kier alpha value is -1.85. The topological polar surface area (TPSA) is 75.5 Å². The van der Waals surface area contributed by atoms with E-state index in [4.69, 9.17) is 4.74 Å². The summed E-state index contributed by atoms with van der Waals surface area (Å²) < 4.78 is 5.05. The molecule has 6 heteroatoms. The monoisotopic (exact) mass is 265 g/mol. The molecule has 1 saturated heterocycles. The summed E-state index contributed by atoms with van der Waals surface area (Å²) in [5, 5.41) is 9.51. The zero-order valence-electron chi connectivity index (χ0n) is 11.5. The molecule has 0 bridgehead atoms. The highest BCUT2D eigenvalue weighted by atomic mass is 16.5. The molecule has 1 aliphatic heterocycles. The van der Waals surface area contributed by atoms with Gasteiger partial charge in [-0.25, -0.2) is 4.79 Å². The summed E-state index contributed by atoms with van der Waals surface area (Å²) in [5.74, 6) is 0.124. The normalized spacial score (nSPS) is 22.1. The van der Waals surface area contributed by atoms with Crippen molar-refractivity contribution in [3.05, 3.63) is 12.4 Å². The number of ether oxygens (including phenoxy) is 1. The van der Waals surface area contributed by atoms with Crippen LogP contribution in [-0.2, 0) is 4.79 Å². The second kappa shape index (κ2) is 5.03. The van der Waals surface area contributed by atoms with Crippen molar-refractivity contribution in [2.45, 2.75) is 32.7 Å². The maximum Gasteiger partial charge on any atom is 0.326 e. The van der Waals surface area contributed by atoms with Gasteiger partial charge in [-0.05, 0) is 18.3 Å². The van der Waals surface area contributed by atoms with Gasteiger partial charge in [-0.3, -0.25) is 4.98 Å². The number of anilines is 1. The first-order chi connectivity index (χ1) is 8.95. The van der Waals surface area contributed by atoms with Crippen LogP contribution < -0.4 is 9.64 Å². The molecule has 0 amide bonds. The molecule has 0 saturated carbocycles. The van der Waals surface area contributed by atoms with Gasteiger partial charge in [0.05, 0.1) is 19.5 Å². The summed E-state index contributed by atoms with van der Waals surface area (Å²) in [6.45, 7) is 4.62. The Bertz CT molecular complexity index is 476. The van der Waals surface area contributed by atoms with Crippen LogP contribution in [0.4, 0.5) is 5.82 Å². The number of nitrogens with zero attached hydrogens (tertiary/aromatic N) is 3. The van der Waals surface area contributed by atoms with Crippen molar-refractivity contribution >= 4 is 11.8 Å². The molecule has 2 rings (SSSR count). The number of aliphatic carboxylic acids is 1. The lowest BCUT2D eigenvalue weighted by Crippen LogP contribution is -2.54. The maximum absolute atomic E-state index is 11.6. The van der Waals surface area contributed by atoms with Gasteiger partial charge in [0.1, 0.15) is 6.04 Å². The van der Waals surface area contributed by atoms with E-state index in [0.717, 1.165) is 12.8 Å². The summed E-state index contributed by atoms with van der Waals surface area (Å²) >= 11 is 0. The predicted octanol–water partition coefficient (Wildman–Crippen LogP) is 1.56. The van der Waals surface area contributed by atoms with Crippen LogP contribution in [0.15, 0.2) is 12.4 Å². The standard InChI is InChI=1S/C13H19N3O3/c1-13(2)5-4-6-16(11(13)12(17)18)9-7-14-8-10(15-9)19-3/h7-8,11H,4-6H2,1-3H3,(H,17,18). The number of carboxylic acids is 1. The van der Waals surface area contributed by atoms with Gasteiger partial charge in [-0.15, -0.1) is 0 Å². The molecule has 19 heavy (non-hydrogen) atoms. The summed E-state index contributed by atoms with van der Waals surface area (Å²) in [7, 11) is 1.52. The Balaban J connectivity index is 2.37. The fourth-order valence-corrected chi connectivity index (χ4v) is 2.68. The number of hydrogen-bond acceptors (Lipinski definition) is 5. The third-order valence-corrected chi connectivity index (χ3v) is 3.61. The Morgan fingerprint density at radius 1 is 1.53 bits per heavy atom. The lowest BCUT2D eigenvalue weighted by atomic mass is 9.76. The van der Waals surface area contributed by atoms with E-state index in [9.17, 15) is 9.90 Å². The number of methoxy groups -OCH3 is 1. The van der Waals surface area contributed by atoms with Crippen molar-refractivity contribution in [1.82, 2.24) is 9.97 Å². The van der Waals surface area contributed by atoms with Gasteiger partial charge in [0.25, 0.3) is 0 Å². The SMILES string of the molecule is COc1cncc(N2CCCC(C)(C)C2C(=O)O)n1. The fraction of sp³-hybridized carbons (Fsp3) is 0.615. The smallest absolute Gasteiger partial charge is 0.326 e. The van der Waals surface area contributed by atoms with Crippen LogP contribution in [0, 0.1) is 5.41 Å². The van der Waals surface area contributed by atoms with Crippen LogP contribution in [0.2, 0.25) is 0 Å². The lowest BCUT2D eigenvalue weighted by molar-refractivity contribution is -0.142. The minimum Gasteiger partial charge on any atom is -0.480 e. The highest BCUT2D eigenvalue weighted by Crippen LogP contribution is 2.37. The minimum absolute atomic E-state index is 0.297. The van der Waals surface area contributed by atoms with E-state index < -0.39 is 12.0 Å². The molecule has 1 aromatic rings. The zero-order chi connectivity index (χ0) is 14.0. The van der Waals surface area contributed by atoms with Crippen LogP contribution in [0.3, 0.4) is 0 Å². The summed E-state index contributed by atoms with van der Waals surface area (Å²) in [5.41, 5.74) is -0.297. The van der Waals surface area contributed by atoms with E-state index in [1.807, 2.05) is 13.8 Å². The van der Waals surface area contributed by atoms with E-state index in [2.05, 4.69) is 9.97 Å². The van der Waals surface area contributed by atoms with Gasteiger partial charge in [-0.2, -0.15) is 4.98 Å². The van der Waals surface area contributed by atoms with Crippen LogP contribution in [-0.4, -0.2) is 40.7 Å². The van der Waals surface area contributed by atoms with Crippen LogP contribution in [0.5, 0.6) is 5.88 Å². The van der Waals surface area contributed by atoms with Gasteiger partial charge in [0.15, 0.2) is 5.82 Å². The third-order valence-electron chi connectivity index (χ3n) is 3.61. The quantitative estimate of drug-likeness (QED) is 0.894. The molecule has 1 aromatic heterocycles. The Morgan fingerprint density at radius 2 is 2.26 bits per heavy atom. The number of piperidine rings is 1. The van der Waals surface area contributed by atoms with E-state index in [1.165, 1.54) is 13.3 Å². The summed E-state index contributed by atoms with van der Waals surface area (Å²) in [6.07, 6.45) is 4.92. The molecule has 0 spiro atoms. The van der Waals surface area contributed by atoms with Gasteiger partial charge in [-0.1, -0.05) is 13.8 Å². The van der Waals surface area contributed by atoms with Crippen molar-refractivity contribution in [3.8, 4) is 5.88 Å². The number of rotatable bonds is 3. The van der Waals surface area contributed by atoms with Crippen molar-refractivity contribution in [2.24, 2.45) is 5.41 Å². The zero-order valence-corrected chi connectivity index (χ0v) is 11.5. The molecule has 0 aliphatic carbocycles. The molecular weight excluding hydrogens is 246 g/mol. The van der Waals surface area contributed by atoms with Crippen LogP contribution in [0.25, 0.3) is 0 Å². The van der Waals surface area contributed by atoms with Gasteiger partial charge >= 0.3 is 5.97 Å². The van der Waals surface area contributed by atoms with Gasteiger partial charge in [0, 0.05) is 6.54 Å². The summed E-state index contributed by atoms with van der Waals surface area (Å²) in [6, 6.07) is -0.595. The molecular formula is C13H19N3O3. The molecule has 1 fully saturated rings. The van der Waals surface area contributed by atoms with Crippen molar-refractivity contribution < 1.29 is 14.6 Å². The predicted molar refractivity (Wildman–Crippen MR) is 70.4 cm³/mol. The average molecular weight is 265 g/mol. The molecule has 0 aromatic carbocycles. The molecule has 104 valence electrons. The van der Waals surface area contributed by atoms with E-state index in [-0.39, 0.29) is 5.41 Å². The molecule has 1 atom stereocenters. The second-order valence-electron chi connectivity index (χ2n) is 5.45. The summed E-state index contributed by atoms with van der Waals surface area (Å²) in [4.78, 5) is 21.7. The first kappa shape index (κ1) is 13.6.